The van der Waals surface area contributed by atoms with Crippen molar-refractivity contribution in [1.29, 1.82) is 0 Å². The molecule has 4 heteroatoms. The van der Waals surface area contributed by atoms with Gasteiger partial charge in [0.05, 0.1) is 11.6 Å². The van der Waals surface area contributed by atoms with E-state index < -0.39 is 0 Å². The molecule has 1 atom stereocenters. The molecule has 4 nitrogen and oxygen atoms in total. The van der Waals surface area contributed by atoms with Gasteiger partial charge in [-0.15, -0.1) is 0 Å². The first-order chi connectivity index (χ1) is 9.78. The van der Waals surface area contributed by atoms with Gasteiger partial charge in [0, 0.05) is 30.6 Å². The number of hydrogen-bond donors (Lipinski definition) is 0. The zero-order chi connectivity index (χ0) is 13.9. The molecule has 0 aromatic carbocycles. The predicted octanol–water partition coefficient (Wildman–Crippen LogP) is 3.00. The summed E-state index contributed by atoms with van der Waals surface area (Å²) < 4.78 is 0. The van der Waals surface area contributed by atoms with Gasteiger partial charge in [0.1, 0.15) is 6.33 Å². The van der Waals surface area contributed by atoms with Crippen LogP contribution in [-0.4, -0.2) is 34.3 Å². The second kappa shape index (κ2) is 5.73. The maximum Gasteiger partial charge on any atom is 0.115 e. The zero-order valence-corrected chi connectivity index (χ0v) is 12.1. The number of hydrogen-bond acceptors (Lipinski definition) is 4. The lowest BCUT2D eigenvalue weighted by atomic mass is 10.00. The molecule has 2 aliphatic rings. The van der Waals surface area contributed by atoms with E-state index in [2.05, 4.69) is 26.7 Å². The summed E-state index contributed by atoms with van der Waals surface area (Å²) in [7, 11) is 0. The highest BCUT2D eigenvalue weighted by atomic mass is 15.5. The number of aromatic nitrogens is 2. The van der Waals surface area contributed by atoms with E-state index in [0.717, 1.165) is 36.0 Å². The van der Waals surface area contributed by atoms with Crippen LogP contribution in [0.4, 0.5) is 0 Å². The van der Waals surface area contributed by atoms with Gasteiger partial charge in [-0.3, -0.25) is 5.01 Å². The summed E-state index contributed by atoms with van der Waals surface area (Å²) in [6, 6.07) is 0. The molecule has 1 fully saturated rings. The third-order valence-electron chi connectivity index (χ3n) is 4.43. The Morgan fingerprint density at radius 1 is 1.35 bits per heavy atom. The van der Waals surface area contributed by atoms with E-state index in [1.807, 2.05) is 19.2 Å². The molecule has 1 saturated carbocycles. The first-order valence-electron chi connectivity index (χ1n) is 7.51. The molecule has 0 N–H and O–H groups in total. The Morgan fingerprint density at radius 3 is 2.90 bits per heavy atom. The van der Waals surface area contributed by atoms with Crippen molar-refractivity contribution in [3.63, 3.8) is 0 Å². The molecule has 20 heavy (non-hydrogen) atoms. The highest BCUT2D eigenvalue weighted by Crippen LogP contribution is 2.29. The normalized spacial score (nSPS) is 22.6. The molecule has 0 bridgehead atoms. The van der Waals surface area contributed by atoms with Gasteiger partial charge in [0.2, 0.25) is 0 Å². The second-order valence-electron chi connectivity index (χ2n) is 5.86. The Balaban J connectivity index is 1.69. The Morgan fingerprint density at radius 2 is 2.15 bits per heavy atom. The minimum absolute atomic E-state index is 0.270. The molecule has 0 amide bonds. The van der Waals surface area contributed by atoms with Crippen molar-refractivity contribution in [2.75, 3.05) is 13.1 Å². The van der Waals surface area contributed by atoms with Crippen LogP contribution in [0.3, 0.4) is 0 Å². The summed E-state index contributed by atoms with van der Waals surface area (Å²) >= 11 is 0. The van der Waals surface area contributed by atoms with Gasteiger partial charge in [-0.2, -0.15) is 5.10 Å². The Bertz CT molecular complexity index is 517. The van der Waals surface area contributed by atoms with Crippen LogP contribution < -0.4 is 0 Å². The van der Waals surface area contributed by atoms with Crippen molar-refractivity contribution in [2.24, 2.45) is 11.0 Å². The minimum atomic E-state index is 0.270. The van der Waals surface area contributed by atoms with E-state index in [1.165, 1.54) is 25.7 Å². The molecule has 3 rings (SSSR count). The van der Waals surface area contributed by atoms with Crippen LogP contribution in [0.5, 0.6) is 0 Å². The molecule has 106 valence electrons. The maximum atomic E-state index is 4.58. The second-order valence-corrected chi connectivity index (χ2v) is 5.86. The summed E-state index contributed by atoms with van der Waals surface area (Å²) in [4.78, 5) is 8.70. The van der Waals surface area contributed by atoms with Gasteiger partial charge in [0.25, 0.3) is 0 Å². The van der Waals surface area contributed by atoms with Crippen molar-refractivity contribution in [2.45, 2.75) is 38.5 Å². The van der Waals surface area contributed by atoms with Crippen LogP contribution in [0.2, 0.25) is 0 Å². The van der Waals surface area contributed by atoms with E-state index in [9.17, 15) is 0 Å². The predicted molar refractivity (Wildman–Crippen MR) is 81.6 cm³/mol. The van der Waals surface area contributed by atoms with E-state index in [1.54, 1.807) is 6.33 Å². The van der Waals surface area contributed by atoms with Gasteiger partial charge < -0.3 is 0 Å². The number of nitrogens with zero attached hydrogens (tertiary/aromatic N) is 4. The fraction of sp³-hybridized carbons (Fsp3) is 0.562. The lowest BCUT2D eigenvalue weighted by Gasteiger charge is -2.20. The molecule has 1 aromatic heterocycles. The molecule has 1 aliphatic carbocycles. The van der Waals surface area contributed by atoms with Crippen molar-refractivity contribution >= 4 is 12.3 Å². The Hall–Kier alpha value is -1.71. The van der Waals surface area contributed by atoms with Crippen LogP contribution in [0, 0.1) is 12.8 Å². The van der Waals surface area contributed by atoms with Gasteiger partial charge in [-0.05, 0) is 25.7 Å². The standard InChI is InChI=1S/C16H22N4/c1-3-15-12(2)17-11-18-16(15)14-8-19-20(10-14)9-13-6-4-5-7-13/h3,8,11,13-14H,1,4-7,9-10H2,2H3. The lowest BCUT2D eigenvalue weighted by Crippen LogP contribution is -2.24. The Labute approximate surface area is 120 Å². The maximum absolute atomic E-state index is 4.58. The largest absolute Gasteiger partial charge is 0.296 e. The van der Waals surface area contributed by atoms with E-state index in [4.69, 9.17) is 0 Å². The van der Waals surface area contributed by atoms with Crippen LogP contribution in [0.25, 0.3) is 6.08 Å². The fourth-order valence-electron chi connectivity index (χ4n) is 3.32. The van der Waals surface area contributed by atoms with Crippen molar-refractivity contribution in [3.05, 3.63) is 29.9 Å². The fourth-order valence-corrected chi connectivity index (χ4v) is 3.32. The molecular formula is C16H22N4. The summed E-state index contributed by atoms with van der Waals surface area (Å²) in [5.74, 6) is 1.10. The average molecular weight is 270 g/mol. The highest BCUT2D eigenvalue weighted by molar-refractivity contribution is 5.72. The molecule has 0 radical (unpaired) electrons. The third-order valence-corrected chi connectivity index (χ3v) is 4.43. The quantitative estimate of drug-likeness (QED) is 0.844. The van der Waals surface area contributed by atoms with E-state index in [0.29, 0.717) is 0 Å². The van der Waals surface area contributed by atoms with Crippen LogP contribution in [-0.2, 0) is 0 Å². The van der Waals surface area contributed by atoms with Crippen molar-refractivity contribution in [3.8, 4) is 0 Å². The number of hydrazone groups is 1. The molecule has 1 aromatic rings. The van der Waals surface area contributed by atoms with Crippen LogP contribution in [0.1, 0.15) is 48.6 Å². The third kappa shape index (κ3) is 2.60. The SMILES string of the molecule is C=Cc1c(C)ncnc1C1C=NN(CC2CCCC2)C1. The molecular weight excluding hydrogens is 248 g/mol. The Kier molecular flexibility index (Phi) is 3.81. The van der Waals surface area contributed by atoms with Gasteiger partial charge in [-0.25, -0.2) is 9.97 Å². The first-order valence-corrected chi connectivity index (χ1v) is 7.51. The van der Waals surface area contributed by atoms with Crippen molar-refractivity contribution < 1.29 is 0 Å². The summed E-state index contributed by atoms with van der Waals surface area (Å²) in [6.45, 7) is 7.93. The van der Waals surface area contributed by atoms with Gasteiger partial charge in [-0.1, -0.05) is 25.5 Å². The summed E-state index contributed by atoms with van der Waals surface area (Å²) in [5, 5.41) is 6.79. The highest BCUT2D eigenvalue weighted by Gasteiger charge is 2.26. The number of rotatable bonds is 4. The summed E-state index contributed by atoms with van der Waals surface area (Å²) in [6.07, 6.45) is 11.0. The molecule has 2 heterocycles. The smallest absolute Gasteiger partial charge is 0.115 e. The topological polar surface area (TPSA) is 41.4 Å². The minimum Gasteiger partial charge on any atom is -0.296 e. The average Bonchev–Trinajstić information content (AvgIpc) is 3.10. The van der Waals surface area contributed by atoms with E-state index in [-0.39, 0.29) is 5.92 Å². The molecule has 1 unspecified atom stereocenters. The van der Waals surface area contributed by atoms with E-state index >= 15 is 0 Å². The van der Waals surface area contributed by atoms with Gasteiger partial charge >= 0.3 is 0 Å². The molecule has 0 spiro atoms. The first kappa shape index (κ1) is 13.3. The number of aryl methyl sites for hydroxylation is 1. The monoisotopic (exact) mass is 270 g/mol. The van der Waals surface area contributed by atoms with Gasteiger partial charge in [0.15, 0.2) is 0 Å². The molecule has 1 aliphatic heterocycles. The van der Waals surface area contributed by atoms with Crippen LogP contribution >= 0.6 is 0 Å². The summed E-state index contributed by atoms with van der Waals surface area (Å²) in [5.41, 5.74) is 3.12. The van der Waals surface area contributed by atoms with Crippen LogP contribution in [0.15, 0.2) is 18.0 Å². The zero-order valence-electron chi connectivity index (χ0n) is 12.1. The lowest BCUT2D eigenvalue weighted by molar-refractivity contribution is 0.258. The molecule has 0 saturated heterocycles. The van der Waals surface area contributed by atoms with Crippen molar-refractivity contribution in [1.82, 2.24) is 15.0 Å².